The average molecular weight is 1480 g/mol. The molecular weight excluding hydrogens is 1360 g/mol. The molecule has 0 N–H and O–H groups in total. The van der Waals surface area contributed by atoms with Gasteiger partial charge in [0, 0.05) is 77.2 Å². The lowest BCUT2D eigenvalue weighted by atomic mass is 9.33. The Hall–Kier alpha value is -11.7. The van der Waals surface area contributed by atoms with Gasteiger partial charge in [-0.15, -0.1) is 0 Å². The minimum Gasteiger partial charge on any atom is -0.311 e. The Kier molecular flexibility index (Phi) is 12.2. The summed E-state index contributed by atoms with van der Waals surface area (Å²) in [4.78, 5) is 4.87. The highest BCUT2D eigenvalue weighted by molar-refractivity contribution is 7.00. The Morgan fingerprint density at radius 1 is 0.239 bits per heavy atom. The van der Waals surface area contributed by atoms with E-state index in [1.165, 1.54) is 0 Å². The molecule has 0 saturated carbocycles. The Labute approximate surface area is 685 Å². The van der Waals surface area contributed by atoms with E-state index in [1.807, 2.05) is 81.6 Å². The van der Waals surface area contributed by atoms with Crippen molar-refractivity contribution < 1.29 is 19.2 Å². The van der Waals surface area contributed by atoms with Crippen molar-refractivity contribution in [1.82, 2.24) is 8.80 Å². The molecule has 0 aliphatic carbocycles. The SMILES string of the molecule is [2H]c1c([2H])c([2H])c2c(c1[2H])c1c([2H])c([2H])c([2H])c3c4ccccc4c4ccccc4c4cc5c(cc4n2c31)N(c1cc(C(C)(C)C)cc(C(C)(C)C)c1)c1cc(-c2cc(C(C)(C)C)cc(C(C)(C)C)c2)cc2c1B5c1cc3c4ccccc4c4ccccc4c4c([2H])c([2H])c([2H])c5c6c([2H])c([2H])c([2H])c([2H])c6n(c3cc1N2c1cc(C(C)(C)C)cc(C(C)(C)C)c1)c45. The normalized spacial score (nSPS) is 15.4. The summed E-state index contributed by atoms with van der Waals surface area (Å²) in [5.41, 5.74) is 15.1. The summed E-state index contributed by atoms with van der Waals surface area (Å²) < 4.78 is 144. The summed E-state index contributed by atoms with van der Waals surface area (Å²) in [6.45, 7) is 39.7. The highest BCUT2D eigenvalue weighted by Gasteiger charge is 2.46. The van der Waals surface area contributed by atoms with Crippen molar-refractivity contribution in [3.05, 3.63) is 306 Å². The summed E-state index contributed by atoms with van der Waals surface area (Å²) >= 11 is 0. The quantitative estimate of drug-likeness (QED) is 0.164. The summed E-state index contributed by atoms with van der Waals surface area (Å²) in [6.07, 6.45) is 0. The molecule has 0 fully saturated rings. The zero-order valence-electron chi connectivity index (χ0n) is 81.8. The molecule has 14 aromatic carbocycles. The first kappa shape index (κ1) is 56.5. The number of rotatable bonds is 3. The van der Waals surface area contributed by atoms with E-state index < -0.39 is 52.5 Å². The van der Waals surface area contributed by atoms with Crippen molar-refractivity contribution in [2.75, 3.05) is 9.80 Å². The lowest BCUT2D eigenvalue weighted by Crippen LogP contribution is -2.61. The Morgan fingerprint density at radius 3 is 0.823 bits per heavy atom. The van der Waals surface area contributed by atoms with Gasteiger partial charge in [0.2, 0.25) is 0 Å². The number of para-hydroxylation sites is 4. The van der Waals surface area contributed by atoms with Gasteiger partial charge in [-0.3, -0.25) is 0 Å². The maximum absolute atomic E-state index is 10.4. The van der Waals surface area contributed by atoms with Crippen LogP contribution in [-0.2, 0) is 32.5 Å². The molecule has 554 valence electrons. The predicted molar refractivity (Wildman–Crippen MR) is 493 cm³/mol. The van der Waals surface area contributed by atoms with Gasteiger partial charge in [0.05, 0.1) is 52.3 Å². The van der Waals surface area contributed by atoms with Crippen molar-refractivity contribution in [2.24, 2.45) is 0 Å². The summed E-state index contributed by atoms with van der Waals surface area (Å²) in [6, 6.07) is 61.4. The minimum absolute atomic E-state index is 0.0534. The Morgan fingerprint density at radius 2 is 0.504 bits per heavy atom. The zero-order valence-corrected chi connectivity index (χ0v) is 67.8. The average Bonchev–Trinajstić information content (AvgIpc) is 1.65. The first-order valence-electron chi connectivity index (χ1n) is 46.8. The van der Waals surface area contributed by atoms with Gasteiger partial charge in [0.1, 0.15) is 0 Å². The second kappa shape index (κ2) is 24.4. The van der Waals surface area contributed by atoms with Gasteiger partial charge in [0.25, 0.3) is 6.71 Å². The van der Waals surface area contributed by atoms with Crippen LogP contribution in [0.4, 0.5) is 34.1 Å². The number of nitrogens with zero attached hydrogens (tertiary/aromatic N) is 4. The van der Waals surface area contributed by atoms with Crippen LogP contribution in [0.3, 0.4) is 0 Å². The van der Waals surface area contributed by atoms with E-state index in [1.54, 1.807) is 0 Å². The molecule has 2 aliphatic rings. The minimum atomic E-state index is -0.786. The van der Waals surface area contributed by atoms with Crippen molar-refractivity contribution in [3.63, 3.8) is 0 Å². The molecule has 113 heavy (non-hydrogen) atoms. The van der Waals surface area contributed by atoms with E-state index >= 15 is 0 Å². The number of aromatic nitrogens is 2. The van der Waals surface area contributed by atoms with Crippen molar-refractivity contribution in [2.45, 2.75) is 157 Å². The van der Waals surface area contributed by atoms with Crippen LogP contribution in [0.1, 0.15) is 177 Å². The Balaban J connectivity index is 1.13. The standard InChI is InChI=1S/C108H99BN4/c1-103(2,3)66-49-64(50-67(53-66)104(4,5)6)65-51-98-100-99(52-65)111(73-58-70(107(13,14)15)55-71(59-73)108(16,17)18)97-63-95-89(81-40-26-22-36-77(81)75-34-20-24-38-79(75)85-44-32-46-87-83-42-28-30-48-93(83)113(95)102(85)87)61-91(97)109(100)90-60-88-80-39-25-21-35-76(80)74-33-19-23-37-78(74)84-43-31-45-86-82-41-27-29-47-92(82)112(101(84)86)94(88)62-96(90)110(98)72-56-68(105(7,8)9)54-69(57-72)106(10,11)12/h19-63H,1-18H3/i27D,28D,29D,30D,31D,32D,41D,42D,43D,44D,45D,46D,47D,48D. The van der Waals surface area contributed by atoms with Crippen molar-refractivity contribution in [1.29, 1.82) is 0 Å². The lowest BCUT2D eigenvalue weighted by molar-refractivity contribution is 0.568. The van der Waals surface area contributed by atoms with Gasteiger partial charge in [0.15, 0.2) is 0 Å². The molecule has 0 amide bonds. The molecule has 20 rings (SSSR count). The molecule has 0 unspecified atom stereocenters. The summed E-state index contributed by atoms with van der Waals surface area (Å²) in [7, 11) is 0. The van der Waals surface area contributed by atoms with Crippen LogP contribution >= 0.6 is 0 Å². The maximum atomic E-state index is 10.4. The third-order valence-electron chi connectivity index (χ3n) is 24.4. The number of benzene rings is 14. The number of anilines is 6. The number of fused-ring (bicyclic) bond motifs is 24. The molecule has 4 nitrogen and oxygen atoms in total. The molecule has 2 aliphatic heterocycles. The topological polar surface area (TPSA) is 15.3 Å². The maximum Gasteiger partial charge on any atom is 0.252 e. The van der Waals surface area contributed by atoms with Crippen LogP contribution in [0.2, 0.25) is 0 Å². The van der Waals surface area contributed by atoms with E-state index in [2.05, 4.69) is 250 Å². The van der Waals surface area contributed by atoms with Crippen LogP contribution in [-0.4, -0.2) is 15.5 Å². The van der Waals surface area contributed by atoms with E-state index in [4.69, 9.17) is 0 Å². The Bertz CT molecular complexity index is 7630. The first-order chi connectivity index (χ1) is 59.7. The van der Waals surface area contributed by atoms with Gasteiger partial charge in [-0.1, -0.05) is 337 Å². The highest BCUT2D eigenvalue weighted by Crippen LogP contribution is 2.53. The largest absolute Gasteiger partial charge is 0.311 e. The van der Waals surface area contributed by atoms with Gasteiger partial charge in [-0.25, -0.2) is 0 Å². The second-order valence-corrected chi connectivity index (χ2v) is 38.0. The van der Waals surface area contributed by atoms with Gasteiger partial charge in [-0.05, 0) is 197 Å². The second-order valence-electron chi connectivity index (χ2n) is 38.0. The van der Waals surface area contributed by atoms with Gasteiger partial charge in [-0.2, -0.15) is 0 Å². The zero-order chi connectivity index (χ0) is 90.4. The van der Waals surface area contributed by atoms with E-state index in [0.29, 0.717) is 54.7 Å². The number of hydrogen-bond acceptors (Lipinski definition) is 2. The van der Waals surface area contributed by atoms with E-state index in [9.17, 15) is 19.2 Å². The molecule has 4 aromatic heterocycles. The fourth-order valence-corrected chi connectivity index (χ4v) is 18.3. The number of hydrogen-bond donors (Lipinski definition) is 0. The monoisotopic (exact) mass is 1480 g/mol. The molecule has 0 spiro atoms. The predicted octanol–water partition coefficient (Wildman–Crippen LogP) is 28.4. The fraction of sp³-hybridized carbons (Fsp3) is 0.222. The molecule has 0 saturated heterocycles. The lowest BCUT2D eigenvalue weighted by Gasteiger charge is -2.45. The summed E-state index contributed by atoms with van der Waals surface area (Å²) in [5, 5.41) is 7.91. The van der Waals surface area contributed by atoms with Gasteiger partial charge < -0.3 is 18.6 Å². The van der Waals surface area contributed by atoms with Gasteiger partial charge >= 0.3 is 0 Å². The van der Waals surface area contributed by atoms with Crippen LogP contribution < -0.4 is 26.2 Å². The van der Waals surface area contributed by atoms with Crippen LogP contribution in [0.5, 0.6) is 0 Å². The summed E-state index contributed by atoms with van der Waals surface area (Å²) in [5.74, 6) is 0. The molecular formula is C108H99BN4. The fourth-order valence-electron chi connectivity index (χ4n) is 18.3. The van der Waals surface area contributed by atoms with Crippen molar-refractivity contribution in [3.8, 4) is 11.1 Å². The van der Waals surface area contributed by atoms with Crippen LogP contribution in [0, 0.1) is 0 Å². The third kappa shape index (κ3) is 10.9. The molecule has 6 heterocycles. The van der Waals surface area contributed by atoms with E-state index in [-0.39, 0.29) is 115 Å². The third-order valence-corrected chi connectivity index (χ3v) is 24.4. The molecule has 5 heteroatoms. The van der Waals surface area contributed by atoms with Crippen molar-refractivity contribution >= 4 is 177 Å². The first-order valence-corrected chi connectivity index (χ1v) is 39.8. The molecule has 18 aromatic rings. The smallest absolute Gasteiger partial charge is 0.252 e. The molecule has 0 radical (unpaired) electrons. The van der Waals surface area contributed by atoms with E-state index in [0.717, 1.165) is 116 Å². The van der Waals surface area contributed by atoms with Crippen LogP contribution in [0.15, 0.2) is 273 Å². The molecule has 0 bridgehead atoms. The highest BCUT2D eigenvalue weighted by atomic mass is 15.2. The molecule has 0 atom stereocenters. The van der Waals surface area contributed by atoms with Crippen LogP contribution in [0.25, 0.3) is 130 Å².